The molecule has 0 amide bonds. The third-order valence-electron chi connectivity index (χ3n) is 3.05. The van der Waals surface area contributed by atoms with E-state index in [1.54, 1.807) is 13.3 Å². The minimum atomic E-state index is 0.559. The molecule has 3 aromatic rings. The van der Waals surface area contributed by atoms with Crippen LogP contribution in [0.25, 0.3) is 11.4 Å². The molecule has 21 heavy (non-hydrogen) atoms. The van der Waals surface area contributed by atoms with E-state index < -0.39 is 0 Å². The highest BCUT2D eigenvalue weighted by atomic mass is 16.5. The van der Waals surface area contributed by atoms with Crippen LogP contribution < -0.4 is 4.74 Å². The molecule has 0 aliphatic carbocycles. The van der Waals surface area contributed by atoms with Crippen LogP contribution in [-0.2, 0) is 6.42 Å². The molecule has 0 bridgehead atoms. The summed E-state index contributed by atoms with van der Waals surface area (Å²) in [7, 11) is 0. The molecule has 3 rings (SSSR count). The lowest BCUT2D eigenvalue weighted by molar-refractivity contribution is 0.310. The van der Waals surface area contributed by atoms with Gasteiger partial charge in [-0.1, -0.05) is 5.16 Å². The SMILES string of the molecule is Cc1nc(-c2ccc(OCCCc3cnc[nH]3)cc2)no1. The molecule has 0 saturated carbocycles. The molecular weight excluding hydrogens is 268 g/mol. The highest BCUT2D eigenvalue weighted by Gasteiger charge is 2.05. The highest BCUT2D eigenvalue weighted by molar-refractivity contribution is 5.55. The highest BCUT2D eigenvalue weighted by Crippen LogP contribution is 2.20. The summed E-state index contributed by atoms with van der Waals surface area (Å²) in [6.07, 6.45) is 5.39. The van der Waals surface area contributed by atoms with Crippen molar-refractivity contribution >= 4 is 0 Å². The maximum Gasteiger partial charge on any atom is 0.223 e. The average molecular weight is 284 g/mol. The lowest BCUT2D eigenvalue weighted by Crippen LogP contribution is -1.99. The van der Waals surface area contributed by atoms with Gasteiger partial charge in [-0.15, -0.1) is 0 Å². The van der Waals surface area contributed by atoms with Crippen molar-refractivity contribution in [3.8, 4) is 17.1 Å². The summed E-state index contributed by atoms with van der Waals surface area (Å²) in [5.41, 5.74) is 2.04. The molecule has 0 radical (unpaired) electrons. The quantitative estimate of drug-likeness (QED) is 0.704. The number of hydrogen-bond acceptors (Lipinski definition) is 5. The Labute approximate surface area is 122 Å². The summed E-state index contributed by atoms with van der Waals surface area (Å²) in [6, 6.07) is 7.68. The van der Waals surface area contributed by atoms with Crippen LogP contribution in [0, 0.1) is 6.92 Å². The second-order valence-electron chi connectivity index (χ2n) is 4.69. The van der Waals surface area contributed by atoms with E-state index in [-0.39, 0.29) is 0 Å². The smallest absolute Gasteiger partial charge is 0.223 e. The second kappa shape index (κ2) is 6.21. The van der Waals surface area contributed by atoms with Crippen LogP contribution in [0.5, 0.6) is 5.75 Å². The first kappa shape index (κ1) is 13.4. The van der Waals surface area contributed by atoms with Gasteiger partial charge < -0.3 is 14.2 Å². The molecule has 0 spiro atoms. The Morgan fingerprint density at radius 3 is 2.76 bits per heavy atom. The van der Waals surface area contributed by atoms with Gasteiger partial charge in [-0.3, -0.25) is 0 Å². The summed E-state index contributed by atoms with van der Waals surface area (Å²) in [5, 5.41) is 3.88. The van der Waals surface area contributed by atoms with Crippen molar-refractivity contribution in [1.29, 1.82) is 0 Å². The van der Waals surface area contributed by atoms with Gasteiger partial charge >= 0.3 is 0 Å². The van der Waals surface area contributed by atoms with E-state index in [2.05, 4.69) is 20.1 Å². The molecule has 1 aromatic carbocycles. The number of aryl methyl sites for hydroxylation is 2. The standard InChI is InChI=1S/C15H16N4O2/c1-11-18-15(19-21-11)12-4-6-14(7-5-12)20-8-2-3-13-9-16-10-17-13/h4-7,9-10H,2-3,8H2,1H3,(H,16,17). The van der Waals surface area contributed by atoms with Gasteiger partial charge in [0.2, 0.25) is 11.7 Å². The molecule has 2 aromatic heterocycles. The summed E-state index contributed by atoms with van der Waals surface area (Å²) >= 11 is 0. The molecular formula is C15H16N4O2. The van der Waals surface area contributed by atoms with Gasteiger partial charge in [0, 0.05) is 24.4 Å². The number of aromatic amines is 1. The number of hydrogen-bond donors (Lipinski definition) is 1. The Hall–Kier alpha value is -2.63. The van der Waals surface area contributed by atoms with Gasteiger partial charge in [0.05, 0.1) is 12.9 Å². The molecule has 108 valence electrons. The van der Waals surface area contributed by atoms with Gasteiger partial charge in [0.15, 0.2) is 0 Å². The fourth-order valence-electron chi connectivity index (χ4n) is 1.99. The van der Waals surface area contributed by atoms with Crippen LogP contribution in [0.1, 0.15) is 18.0 Å². The Morgan fingerprint density at radius 1 is 1.24 bits per heavy atom. The lowest BCUT2D eigenvalue weighted by atomic mass is 10.2. The summed E-state index contributed by atoms with van der Waals surface area (Å²) < 4.78 is 10.7. The number of nitrogens with one attached hydrogen (secondary N) is 1. The monoisotopic (exact) mass is 284 g/mol. The van der Waals surface area contributed by atoms with E-state index in [9.17, 15) is 0 Å². The fraction of sp³-hybridized carbons (Fsp3) is 0.267. The largest absolute Gasteiger partial charge is 0.494 e. The molecule has 6 nitrogen and oxygen atoms in total. The van der Waals surface area contributed by atoms with Crippen LogP contribution >= 0.6 is 0 Å². The first-order valence-electron chi connectivity index (χ1n) is 6.82. The lowest BCUT2D eigenvalue weighted by Gasteiger charge is -2.05. The molecule has 0 saturated heterocycles. The molecule has 0 unspecified atom stereocenters. The number of aromatic nitrogens is 4. The number of ether oxygens (including phenoxy) is 1. The average Bonchev–Trinajstić information content (AvgIpc) is 3.16. The van der Waals surface area contributed by atoms with Crippen molar-refractivity contribution in [3.63, 3.8) is 0 Å². The fourth-order valence-corrected chi connectivity index (χ4v) is 1.99. The van der Waals surface area contributed by atoms with E-state index in [1.165, 1.54) is 0 Å². The zero-order chi connectivity index (χ0) is 14.5. The number of imidazole rings is 1. The van der Waals surface area contributed by atoms with Crippen LogP contribution in [0.4, 0.5) is 0 Å². The van der Waals surface area contributed by atoms with E-state index in [1.807, 2.05) is 30.5 Å². The van der Waals surface area contributed by atoms with Crippen molar-refractivity contribution in [2.45, 2.75) is 19.8 Å². The van der Waals surface area contributed by atoms with Gasteiger partial charge in [-0.2, -0.15) is 4.98 Å². The van der Waals surface area contributed by atoms with Crippen LogP contribution in [0.2, 0.25) is 0 Å². The second-order valence-corrected chi connectivity index (χ2v) is 4.69. The third-order valence-corrected chi connectivity index (χ3v) is 3.05. The maximum atomic E-state index is 5.70. The molecule has 0 fully saturated rings. The van der Waals surface area contributed by atoms with E-state index in [0.29, 0.717) is 18.3 Å². The minimum absolute atomic E-state index is 0.559. The van der Waals surface area contributed by atoms with Crippen LogP contribution in [0.3, 0.4) is 0 Å². The first-order valence-corrected chi connectivity index (χ1v) is 6.82. The van der Waals surface area contributed by atoms with Gasteiger partial charge in [-0.05, 0) is 37.1 Å². The zero-order valence-electron chi connectivity index (χ0n) is 11.7. The van der Waals surface area contributed by atoms with E-state index in [0.717, 1.165) is 29.8 Å². The topological polar surface area (TPSA) is 76.8 Å². The van der Waals surface area contributed by atoms with E-state index >= 15 is 0 Å². The normalized spacial score (nSPS) is 10.7. The molecule has 2 heterocycles. The third kappa shape index (κ3) is 3.47. The summed E-state index contributed by atoms with van der Waals surface area (Å²) in [5.74, 6) is 1.99. The number of H-pyrrole nitrogens is 1. The zero-order valence-corrected chi connectivity index (χ0v) is 11.7. The summed E-state index contributed by atoms with van der Waals surface area (Å²) in [6.45, 7) is 2.44. The molecule has 1 N–H and O–H groups in total. The van der Waals surface area contributed by atoms with Gasteiger partial charge in [-0.25, -0.2) is 4.98 Å². The molecule has 0 aliphatic rings. The molecule has 0 atom stereocenters. The Bertz CT molecular complexity index is 674. The van der Waals surface area contributed by atoms with Crippen molar-refractivity contribution in [3.05, 3.63) is 48.4 Å². The Kier molecular flexibility index (Phi) is 3.95. The van der Waals surface area contributed by atoms with Crippen molar-refractivity contribution < 1.29 is 9.26 Å². The van der Waals surface area contributed by atoms with Crippen LogP contribution in [0.15, 0.2) is 41.3 Å². The van der Waals surface area contributed by atoms with Crippen molar-refractivity contribution in [2.24, 2.45) is 0 Å². The van der Waals surface area contributed by atoms with Crippen LogP contribution in [-0.4, -0.2) is 26.7 Å². The maximum absolute atomic E-state index is 5.70. The molecule has 0 aliphatic heterocycles. The predicted octanol–water partition coefficient (Wildman–Crippen LogP) is 2.78. The Balaban J connectivity index is 1.50. The van der Waals surface area contributed by atoms with E-state index in [4.69, 9.17) is 9.26 Å². The van der Waals surface area contributed by atoms with Gasteiger partial charge in [0.25, 0.3) is 0 Å². The minimum Gasteiger partial charge on any atom is -0.494 e. The van der Waals surface area contributed by atoms with Gasteiger partial charge in [0.1, 0.15) is 5.75 Å². The van der Waals surface area contributed by atoms with Crippen molar-refractivity contribution in [2.75, 3.05) is 6.61 Å². The number of rotatable bonds is 6. The molecule has 6 heteroatoms. The first-order chi connectivity index (χ1) is 10.3. The summed E-state index contributed by atoms with van der Waals surface area (Å²) in [4.78, 5) is 11.2. The number of benzene rings is 1. The number of nitrogens with zero attached hydrogens (tertiary/aromatic N) is 3. The Morgan fingerprint density at radius 2 is 2.10 bits per heavy atom. The van der Waals surface area contributed by atoms with Crippen molar-refractivity contribution in [1.82, 2.24) is 20.1 Å². The predicted molar refractivity (Wildman–Crippen MR) is 76.9 cm³/mol.